The molecule has 0 amide bonds. The highest BCUT2D eigenvalue weighted by atomic mass is 32.2. The highest BCUT2D eigenvalue weighted by Gasteiger charge is 2.17. The van der Waals surface area contributed by atoms with Crippen LogP contribution in [-0.2, 0) is 0 Å². The smallest absolute Gasteiger partial charge is 0.123 e. The standard InChI is InChI=1S/C14H14FNS/c15-11-6-5-10-7-8-16-14(13(10)9-11)17-12-3-1-2-4-12/h5-9,12H,1-4H2. The van der Waals surface area contributed by atoms with Crippen molar-refractivity contribution in [2.45, 2.75) is 36.0 Å². The third-order valence-electron chi connectivity index (χ3n) is 3.27. The first-order valence-corrected chi connectivity index (χ1v) is 6.92. The Balaban J connectivity index is 1.99. The van der Waals surface area contributed by atoms with E-state index in [-0.39, 0.29) is 5.82 Å². The van der Waals surface area contributed by atoms with Gasteiger partial charge in [0.05, 0.1) is 0 Å². The van der Waals surface area contributed by atoms with E-state index >= 15 is 0 Å². The Hall–Kier alpha value is -1.09. The number of rotatable bonds is 2. The lowest BCUT2D eigenvalue weighted by Crippen LogP contribution is -1.95. The average molecular weight is 247 g/mol. The maximum atomic E-state index is 13.3. The van der Waals surface area contributed by atoms with Crippen molar-refractivity contribution in [3.8, 4) is 0 Å². The van der Waals surface area contributed by atoms with Crippen LogP contribution in [0.5, 0.6) is 0 Å². The van der Waals surface area contributed by atoms with Crippen molar-refractivity contribution in [2.24, 2.45) is 0 Å². The van der Waals surface area contributed by atoms with Crippen LogP contribution in [-0.4, -0.2) is 10.2 Å². The van der Waals surface area contributed by atoms with E-state index in [0.717, 1.165) is 15.8 Å². The summed E-state index contributed by atoms with van der Waals surface area (Å²) in [7, 11) is 0. The molecule has 0 radical (unpaired) electrons. The van der Waals surface area contributed by atoms with E-state index in [4.69, 9.17) is 0 Å². The van der Waals surface area contributed by atoms with Crippen LogP contribution in [0.4, 0.5) is 4.39 Å². The Morgan fingerprint density at radius 1 is 1.18 bits per heavy atom. The first-order valence-electron chi connectivity index (χ1n) is 6.04. The average Bonchev–Trinajstić information content (AvgIpc) is 2.83. The Morgan fingerprint density at radius 2 is 2.00 bits per heavy atom. The normalized spacial score (nSPS) is 16.8. The lowest BCUT2D eigenvalue weighted by molar-refractivity contribution is 0.629. The zero-order chi connectivity index (χ0) is 11.7. The molecule has 1 aromatic heterocycles. The molecule has 0 atom stereocenters. The largest absolute Gasteiger partial charge is 0.249 e. The molecule has 1 nitrogen and oxygen atoms in total. The summed E-state index contributed by atoms with van der Waals surface area (Å²) in [5, 5.41) is 3.66. The number of benzene rings is 1. The number of nitrogens with zero attached hydrogens (tertiary/aromatic N) is 1. The third kappa shape index (κ3) is 2.29. The van der Waals surface area contributed by atoms with Gasteiger partial charge >= 0.3 is 0 Å². The van der Waals surface area contributed by atoms with Gasteiger partial charge in [-0.25, -0.2) is 9.37 Å². The fourth-order valence-corrected chi connectivity index (χ4v) is 3.68. The number of thioether (sulfide) groups is 1. The van der Waals surface area contributed by atoms with Gasteiger partial charge in [-0.3, -0.25) is 0 Å². The van der Waals surface area contributed by atoms with E-state index < -0.39 is 0 Å². The topological polar surface area (TPSA) is 12.9 Å². The van der Waals surface area contributed by atoms with Crippen molar-refractivity contribution in [1.82, 2.24) is 4.98 Å². The minimum absolute atomic E-state index is 0.182. The Kier molecular flexibility index (Phi) is 3.02. The summed E-state index contributed by atoms with van der Waals surface area (Å²) in [5.74, 6) is -0.182. The Labute approximate surface area is 104 Å². The maximum absolute atomic E-state index is 13.3. The molecule has 3 rings (SSSR count). The van der Waals surface area contributed by atoms with E-state index in [0.29, 0.717) is 5.25 Å². The van der Waals surface area contributed by atoms with Crippen LogP contribution in [0.3, 0.4) is 0 Å². The molecule has 0 N–H and O–H groups in total. The van der Waals surface area contributed by atoms with Crippen molar-refractivity contribution in [3.63, 3.8) is 0 Å². The number of halogens is 1. The number of pyridine rings is 1. The molecule has 3 heteroatoms. The first-order chi connectivity index (χ1) is 8.33. The monoisotopic (exact) mass is 247 g/mol. The predicted octanol–water partition coefficient (Wildman–Crippen LogP) is 4.41. The molecular formula is C14H14FNS. The molecule has 1 aromatic carbocycles. The van der Waals surface area contributed by atoms with Gasteiger partial charge in [0.2, 0.25) is 0 Å². The molecule has 0 spiro atoms. The predicted molar refractivity (Wildman–Crippen MR) is 69.8 cm³/mol. The summed E-state index contributed by atoms with van der Waals surface area (Å²) < 4.78 is 13.3. The second kappa shape index (κ2) is 4.65. The van der Waals surface area contributed by atoms with Gasteiger partial charge < -0.3 is 0 Å². The number of hydrogen-bond acceptors (Lipinski definition) is 2. The van der Waals surface area contributed by atoms with Crippen molar-refractivity contribution < 1.29 is 4.39 Å². The molecule has 0 saturated heterocycles. The Bertz CT molecular complexity index is 535. The second-order valence-electron chi connectivity index (χ2n) is 4.51. The van der Waals surface area contributed by atoms with Gasteiger partial charge in [-0.15, -0.1) is 11.8 Å². The summed E-state index contributed by atoms with van der Waals surface area (Å²) in [6, 6.07) is 6.87. The molecule has 1 aliphatic rings. The molecule has 0 aliphatic heterocycles. The highest BCUT2D eigenvalue weighted by Crippen LogP contribution is 2.36. The quantitative estimate of drug-likeness (QED) is 0.779. The van der Waals surface area contributed by atoms with Crippen LogP contribution in [0.15, 0.2) is 35.5 Å². The third-order valence-corrected chi connectivity index (χ3v) is 4.63. The fourth-order valence-electron chi connectivity index (χ4n) is 2.37. The van der Waals surface area contributed by atoms with Gasteiger partial charge in [0.1, 0.15) is 10.8 Å². The molecule has 1 heterocycles. The summed E-state index contributed by atoms with van der Waals surface area (Å²) in [5.41, 5.74) is 0. The molecule has 2 aromatic rings. The van der Waals surface area contributed by atoms with Gasteiger partial charge in [0, 0.05) is 16.8 Å². The zero-order valence-electron chi connectivity index (χ0n) is 9.53. The molecule has 17 heavy (non-hydrogen) atoms. The number of fused-ring (bicyclic) bond motifs is 1. The molecular weight excluding hydrogens is 233 g/mol. The summed E-state index contributed by atoms with van der Waals surface area (Å²) in [4.78, 5) is 4.41. The molecule has 1 aliphatic carbocycles. The molecule has 0 bridgehead atoms. The fraction of sp³-hybridized carbons (Fsp3) is 0.357. The van der Waals surface area contributed by atoms with Crippen molar-refractivity contribution in [2.75, 3.05) is 0 Å². The van der Waals surface area contributed by atoms with Crippen LogP contribution in [0, 0.1) is 5.82 Å². The van der Waals surface area contributed by atoms with E-state index in [1.54, 1.807) is 6.07 Å². The lowest BCUT2D eigenvalue weighted by atomic mass is 10.2. The van der Waals surface area contributed by atoms with Gasteiger partial charge in [0.25, 0.3) is 0 Å². The summed E-state index contributed by atoms with van der Waals surface area (Å²) >= 11 is 1.81. The van der Waals surface area contributed by atoms with Crippen LogP contribution < -0.4 is 0 Å². The molecule has 88 valence electrons. The van der Waals surface area contributed by atoms with Gasteiger partial charge in [-0.2, -0.15) is 0 Å². The lowest BCUT2D eigenvalue weighted by Gasteiger charge is -2.10. The van der Waals surface area contributed by atoms with E-state index in [9.17, 15) is 4.39 Å². The van der Waals surface area contributed by atoms with Crippen LogP contribution in [0.2, 0.25) is 0 Å². The SMILES string of the molecule is Fc1ccc2ccnc(SC3CCCC3)c2c1. The summed E-state index contributed by atoms with van der Waals surface area (Å²) in [6.45, 7) is 0. The van der Waals surface area contributed by atoms with Crippen molar-refractivity contribution >= 4 is 22.5 Å². The Morgan fingerprint density at radius 3 is 2.82 bits per heavy atom. The maximum Gasteiger partial charge on any atom is 0.123 e. The van der Waals surface area contributed by atoms with Crippen LogP contribution in [0.25, 0.3) is 10.8 Å². The van der Waals surface area contributed by atoms with E-state index in [2.05, 4.69) is 4.98 Å². The van der Waals surface area contributed by atoms with Crippen LogP contribution in [0.1, 0.15) is 25.7 Å². The molecule has 0 unspecified atom stereocenters. The number of aromatic nitrogens is 1. The number of hydrogen-bond donors (Lipinski definition) is 0. The van der Waals surface area contributed by atoms with Gasteiger partial charge in [-0.05, 0) is 36.4 Å². The van der Waals surface area contributed by atoms with E-state index in [1.807, 2.05) is 30.1 Å². The molecule has 1 fully saturated rings. The second-order valence-corrected chi connectivity index (χ2v) is 5.79. The minimum Gasteiger partial charge on any atom is -0.249 e. The van der Waals surface area contributed by atoms with E-state index in [1.165, 1.54) is 31.7 Å². The van der Waals surface area contributed by atoms with Crippen molar-refractivity contribution in [3.05, 3.63) is 36.3 Å². The minimum atomic E-state index is -0.182. The summed E-state index contributed by atoms with van der Waals surface area (Å²) in [6.07, 6.45) is 6.97. The first kappa shape index (κ1) is 11.0. The van der Waals surface area contributed by atoms with Crippen LogP contribution >= 0.6 is 11.8 Å². The van der Waals surface area contributed by atoms with Crippen molar-refractivity contribution in [1.29, 1.82) is 0 Å². The zero-order valence-corrected chi connectivity index (χ0v) is 10.3. The van der Waals surface area contributed by atoms with Gasteiger partial charge in [-0.1, -0.05) is 18.9 Å². The van der Waals surface area contributed by atoms with Gasteiger partial charge in [0.15, 0.2) is 0 Å². The molecule has 1 saturated carbocycles. The highest BCUT2D eigenvalue weighted by molar-refractivity contribution is 8.00.